The summed E-state index contributed by atoms with van der Waals surface area (Å²) in [7, 11) is 0. The maximum atomic E-state index is 13.8. The normalized spacial score (nSPS) is 12.6. The van der Waals surface area contributed by atoms with Crippen LogP contribution in [0.3, 0.4) is 0 Å². The number of amides is 2. The van der Waals surface area contributed by atoms with Gasteiger partial charge in [-0.15, -0.1) is 11.8 Å². The van der Waals surface area contributed by atoms with E-state index in [2.05, 4.69) is 29.6 Å². The second-order valence-electron chi connectivity index (χ2n) is 9.16. The first-order valence-corrected chi connectivity index (χ1v) is 14.3. The van der Waals surface area contributed by atoms with Gasteiger partial charge in [0.15, 0.2) is 0 Å². The quantitative estimate of drug-likeness (QED) is 0.237. The Balaban J connectivity index is 1.90. The highest BCUT2D eigenvalue weighted by Gasteiger charge is 2.31. The number of hydrogen-bond donors (Lipinski definition) is 1. The molecule has 3 aromatic rings. The largest absolute Gasteiger partial charge is 0.352 e. The zero-order valence-corrected chi connectivity index (χ0v) is 23.9. The van der Waals surface area contributed by atoms with E-state index in [0.29, 0.717) is 27.8 Å². The Labute approximate surface area is 234 Å². The molecule has 0 spiro atoms. The molecular formula is C30H34Cl2N2O2S. The molecular weight excluding hydrogens is 523 g/mol. The summed E-state index contributed by atoms with van der Waals surface area (Å²) in [5.41, 5.74) is 2.81. The van der Waals surface area contributed by atoms with Gasteiger partial charge in [0.05, 0.1) is 0 Å². The molecule has 3 aromatic carbocycles. The van der Waals surface area contributed by atoms with E-state index in [9.17, 15) is 9.59 Å². The summed E-state index contributed by atoms with van der Waals surface area (Å²) in [4.78, 5) is 30.1. The van der Waals surface area contributed by atoms with E-state index in [1.54, 1.807) is 34.9 Å². The van der Waals surface area contributed by atoms with E-state index in [-0.39, 0.29) is 30.8 Å². The molecule has 2 amide bonds. The summed E-state index contributed by atoms with van der Waals surface area (Å²) < 4.78 is 0. The zero-order valence-electron chi connectivity index (χ0n) is 21.5. The monoisotopic (exact) mass is 556 g/mol. The lowest BCUT2D eigenvalue weighted by Crippen LogP contribution is -2.52. The first-order chi connectivity index (χ1) is 17.8. The van der Waals surface area contributed by atoms with Gasteiger partial charge in [0.1, 0.15) is 6.04 Å². The molecule has 0 aliphatic heterocycles. The Morgan fingerprint density at radius 3 is 2.22 bits per heavy atom. The van der Waals surface area contributed by atoms with E-state index in [4.69, 9.17) is 23.2 Å². The number of hydrogen-bond acceptors (Lipinski definition) is 3. The smallest absolute Gasteiger partial charge is 0.243 e. The van der Waals surface area contributed by atoms with Crippen LogP contribution < -0.4 is 5.32 Å². The van der Waals surface area contributed by atoms with Gasteiger partial charge in [0.2, 0.25) is 11.8 Å². The summed E-state index contributed by atoms with van der Waals surface area (Å²) >= 11 is 14.6. The van der Waals surface area contributed by atoms with Crippen molar-refractivity contribution >= 4 is 46.8 Å². The lowest BCUT2D eigenvalue weighted by Gasteiger charge is -2.33. The van der Waals surface area contributed by atoms with Crippen molar-refractivity contribution in [2.24, 2.45) is 0 Å². The standard InChI is InChI=1S/C30H34Cl2N2O2S/c1-4-22(3)33-30(36)28(19-23-9-6-5-7-10-23)34(20-25-26(31)11-8-12-27(25)32)29(35)17-18-37-24-15-13-21(2)14-16-24/h5-16,22,28H,4,17-20H2,1-3H3,(H,33,36)/t22-,28-/m1/s1. The predicted octanol–water partition coefficient (Wildman–Crippen LogP) is 7.34. The number of nitrogens with one attached hydrogen (secondary N) is 1. The van der Waals surface area contributed by atoms with Gasteiger partial charge in [-0.1, -0.05) is 84.2 Å². The van der Waals surface area contributed by atoms with Crippen molar-refractivity contribution < 1.29 is 9.59 Å². The minimum absolute atomic E-state index is 0.0104. The van der Waals surface area contributed by atoms with Crippen molar-refractivity contribution in [2.75, 3.05) is 5.75 Å². The molecule has 37 heavy (non-hydrogen) atoms. The molecule has 0 bridgehead atoms. The first kappa shape index (κ1) is 29.1. The van der Waals surface area contributed by atoms with Crippen molar-refractivity contribution in [1.82, 2.24) is 10.2 Å². The van der Waals surface area contributed by atoms with Gasteiger partial charge in [-0.25, -0.2) is 0 Å². The van der Waals surface area contributed by atoms with Gasteiger partial charge < -0.3 is 10.2 Å². The molecule has 4 nitrogen and oxygen atoms in total. The number of nitrogens with zero attached hydrogens (tertiary/aromatic N) is 1. The van der Waals surface area contributed by atoms with Gasteiger partial charge in [-0.05, 0) is 50.1 Å². The molecule has 0 aromatic heterocycles. The molecule has 0 radical (unpaired) electrons. The molecule has 2 atom stereocenters. The average molecular weight is 558 g/mol. The summed E-state index contributed by atoms with van der Waals surface area (Å²) in [6.45, 7) is 6.18. The minimum Gasteiger partial charge on any atom is -0.352 e. The van der Waals surface area contributed by atoms with Gasteiger partial charge in [0, 0.05) is 51.7 Å². The van der Waals surface area contributed by atoms with Crippen molar-refractivity contribution in [3.8, 4) is 0 Å². The molecule has 0 saturated carbocycles. The molecule has 0 heterocycles. The lowest BCUT2D eigenvalue weighted by atomic mass is 10.0. The number of carbonyl (C=O) groups excluding carboxylic acids is 2. The van der Waals surface area contributed by atoms with Crippen LogP contribution in [0.25, 0.3) is 0 Å². The number of rotatable bonds is 12. The molecule has 0 fully saturated rings. The third-order valence-corrected chi connectivity index (χ3v) is 7.99. The van der Waals surface area contributed by atoms with Gasteiger partial charge in [-0.2, -0.15) is 0 Å². The lowest BCUT2D eigenvalue weighted by molar-refractivity contribution is -0.141. The highest BCUT2D eigenvalue weighted by molar-refractivity contribution is 7.99. The number of halogens is 2. The average Bonchev–Trinajstić information content (AvgIpc) is 2.89. The van der Waals surface area contributed by atoms with Gasteiger partial charge in [-0.3, -0.25) is 9.59 Å². The van der Waals surface area contributed by atoms with E-state index in [1.165, 1.54) is 5.56 Å². The second-order valence-corrected chi connectivity index (χ2v) is 11.1. The molecule has 0 unspecified atom stereocenters. The Bertz CT molecular complexity index is 1150. The summed E-state index contributed by atoms with van der Waals surface area (Å²) in [6.07, 6.45) is 1.46. The van der Waals surface area contributed by atoms with Crippen LogP contribution in [0.2, 0.25) is 10.0 Å². The summed E-state index contributed by atoms with van der Waals surface area (Å²) in [5, 5.41) is 4.03. The fourth-order valence-electron chi connectivity index (χ4n) is 3.88. The Kier molecular flexibility index (Phi) is 11.4. The molecule has 1 N–H and O–H groups in total. The summed E-state index contributed by atoms with van der Waals surface area (Å²) in [6, 6.07) is 22.6. The van der Waals surface area contributed by atoms with Crippen LogP contribution in [-0.4, -0.2) is 34.6 Å². The SMILES string of the molecule is CC[C@@H](C)NC(=O)[C@@H](Cc1ccccc1)N(Cc1c(Cl)cccc1Cl)C(=O)CCSc1ccc(C)cc1. The van der Waals surface area contributed by atoms with Crippen molar-refractivity contribution in [3.63, 3.8) is 0 Å². The van der Waals surface area contributed by atoms with Crippen LogP contribution in [0.5, 0.6) is 0 Å². The van der Waals surface area contributed by atoms with Crippen LogP contribution in [0, 0.1) is 6.92 Å². The van der Waals surface area contributed by atoms with Crippen molar-refractivity contribution in [2.45, 2.75) is 63.6 Å². The van der Waals surface area contributed by atoms with Crippen LogP contribution in [-0.2, 0) is 22.6 Å². The molecule has 0 aliphatic rings. The molecule has 0 aliphatic carbocycles. The van der Waals surface area contributed by atoms with E-state index < -0.39 is 6.04 Å². The van der Waals surface area contributed by atoms with Crippen LogP contribution in [0.4, 0.5) is 0 Å². The molecule has 196 valence electrons. The number of carbonyl (C=O) groups is 2. The van der Waals surface area contributed by atoms with Gasteiger partial charge >= 0.3 is 0 Å². The Hall–Kier alpha value is -2.47. The van der Waals surface area contributed by atoms with E-state index in [1.807, 2.05) is 51.1 Å². The molecule has 3 rings (SSSR count). The third-order valence-electron chi connectivity index (χ3n) is 6.27. The minimum atomic E-state index is -0.708. The third kappa shape index (κ3) is 8.80. The fraction of sp³-hybridized carbons (Fsp3) is 0.333. The van der Waals surface area contributed by atoms with E-state index in [0.717, 1.165) is 16.9 Å². The molecule has 0 saturated heterocycles. The highest BCUT2D eigenvalue weighted by atomic mass is 35.5. The predicted molar refractivity (Wildman–Crippen MR) is 155 cm³/mol. The fourth-order valence-corrected chi connectivity index (χ4v) is 5.24. The summed E-state index contributed by atoms with van der Waals surface area (Å²) in [5.74, 6) is 0.302. The maximum absolute atomic E-state index is 13.8. The van der Waals surface area contributed by atoms with Crippen LogP contribution >= 0.6 is 35.0 Å². The van der Waals surface area contributed by atoms with E-state index >= 15 is 0 Å². The molecule has 7 heteroatoms. The number of thioether (sulfide) groups is 1. The number of aryl methyl sites for hydroxylation is 1. The highest BCUT2D eigenvalue weighted by Crippen LogP contribution is 2.28. The Morgan fingerprint density at radius 1 is 0.946 bits per heavy atom. The van der Waals surface area contributed by atoms with Gasteiger partial charge in [0.25, 0.3) is 0 Å². The Morgan fingerprint density at radius 2 is 1.59 bits per heavy atom. The van der Waals surface area contributed by atoms with Crippen LogP contribution in [0.1, 0.15) is 43.4 Å². The first-order valence-electron chi connectivity index (χ1n) is 12.5. The maximum Gasteiger partial charge on any atom is 0.243 e. The van der Waals surface area contributed by atoms with Crippen molar-refractivity contribution in [1.29, 1.82) is 0 Å². The number of benzene rings is 3. The topological polar surface area (TPSA) is 49.4 Å². The zero-order chi connectivity index (χ0) is 26.8. The second kappa shape index (κ2) is 14.5. The van der Waals surface area contributed by atoms with Crippen LogP contribution in [0.15, 0.2) is 77.7 Å². The van der Waals surface area contributed by atoms with Crippen molar-refractivity contribution in [3.05, 3.63) is 99.5 Å².